The maximum absolute atomic E-state index is 5.89. The van der Waals surface area contributed by atoms with Crippen molar-refractivity contribution in [2.45, 2.75) is 27.2 Å². The van der Waals surface area contributed by atoms with Crippen molar-refractivity contribution in [1.82, 2.24) is 15.0 Å². The first kappa shape index (κ1) is 14.3. The van der Waals surface area contributed by atoms with Gasteiger partial charge in [-0.2, -0.15) is 0 Å². The summed E-state index contributed by atoms with van der Waals surface area (Å²) in [7, 11) is 0. The molecule has 0 fully saturated rings. The molecule has 0 aliphatic rings. The Morgan fingerprint density at radius 2 is 1.95 bits per heavy atom. The predicted molar refractivity (Wildman–Crippen MR) is 90.3 cm³/mol. The third kappa shape index (κ3) is 2.70. The van der Waals surface area contributed by atoms with Crippen molar-refractivity contribution in [2.24, 2.45) is 0 Å². The van der Waals surface area contributed by atoms with E-state index in [4.69, 9.17) is 5.73 Å². The summed E-state index contributed by atoms with van der Waals surface area (Å²) >= 11 is 0. The Hall–Kier alpha value is -2.69. The number of rotatable bonds is 3. The Bertz CT molecular complexity index is 842. The van der Waals surface area contributed by atoms with Gasteiger partial charge in [-0.15, -0.1) is 0 Å². The second-order valence-electron chi connectivity index (χ2n) is 5.36. The normalized spacial score (nSPS) is 10.9. The quantitative estimate of drug-likeness (QED) is 0.772. The van der Waals surface area contributed by atoms with Gasteiger partial charge in [0.2, 0.25) is 0 Å². The SMILES string of the molecule is CCc1cc(N)nc2cc(Nc3ncc(C)nc3C)ccc12. The van der Waals surface area contributed by atoms with Crippen molar-refractivity contribution < 1.29 is 0 Å². The Kier molecular flexibility index (Phi) is 3.63. The molecule has 2 aromatic heterocycles. The lowest BCUT2D eigenvalue weighted by Crippen LogP contribution is -2.00. The molecule has 0 saturated carbocycles. The number of aryl methyl sites for hydroxylation is 3. The van der Waals surface area contributed by atoms with Gasteiger partial charge in [-0.3, -0.25) is 4.98 Å². The van der Waals surface area contributed by atoms with Gasteiger partial charge >= 0.3 is 0 Å². The molecule has 5 nitrogen and oxygen atoms in total. The van der Waals surface area contributed by atoms with Gasteiger partial charge in [0, 0.05) is 11.1 Å². The van der Waals surface area contributed by atoms with Crippen LogP contribution >= 0.6 is 0 Å². The average Bonchev–Trinajstić information content (AvgIpc) is 2.49. The molecular weight excluding hydrogens is 274 g/mol. The number of hydrogen-bond acceptors (Lipinski definition) is 5. The molecule has 22 heavy (non-hydrogen) atoms. The molecule has 3 aromatic rings. The van der Waals surface area contributed by atoms with Crippen LogP contribution < -0.4 is 11.1 Å². The summed E-state index contributed by atoms with van der Waals surface area (Å²) in [5.41, 5.74) is 10.7. The van der Waals surface area contributed by atoms with E-state index >= 15 is 0 Å². The van der Waals surface area contributed by atoms with E-state index in [1.54, 1.807) is 6.20 Å². The number of nitrogens with one attached hydrogen (secondary N) is 1. The summed E-state index contributed by atoms with van der Waals surface area (Å²) in [6.45, 7) is 5.99. The van der Waals surface area contributed by atoms with E-state index in [1.165, 1.54) is 5.56 Å². The third-order valence-corrected chi connectivity index (χ3v) is 3.63. The number of nitrogens with two attached hydrogens (primary N) is 1. The number of aromatic nitrogens is 3. The van der Waals surface area contributed by atoms with Crippen LogP contribution in [0.3, 0.4) is 0 Å². The molecule has 3 rings (SSSR count). The number of fused-ring (bicyclic) bond motifs is 1. The standard InChI is InChI=1S/C17H19N5/c1-4-12-7-16(18)22-15-8-13(5-6-14(12)15)21-17-11(3)20-10(2)9-19-17/h5-9H,4H2,1-3H3,(H2,18,22)(H,19,21). The van der Waals surface area contributed by atoms with Crippen LogP contribution in [0.1, 0.15) is 23.9 Å². The van der Waals surface area contributed by atoms with E-state index in [-0.39, 0.29) is 0 Å². The molecule has 5 heteroatoms. The second kappa shape index (κ2) is 5.60. The van der Waals surface area contributed by atoms with Gasteiger partial charge in [0.1, 0.15) is 5.82 Å². The molecule has 3 N–H and O–H groups in total. The maximum Gasteiger partial charge on any atom is 0.151 e. The monoisotopic (exact) mass is 293 g/mol. The van der Waals surface area contributed by atoms with Crippen molar-refractivity contribution in [3.8, 4) is 0 Å². The molecule has 0 unspecified atom stereocenters. The molecule has 112 valence electrons. The average molecular weight is 293 g/mol. The zero-order valence-electron chi connectivity index (χ0n) is 13.0. The number of anilines is 3. The highest BCUT2D eigenvalue weighted by Crippen LogP contribution is 2.25. The fourth-order valence-corrected chi connectivity index (χ4v) is 2.55. The molecule has 0 radical (unpaired) electrons. The number of nitrogen functional groups attached to an aromatic ring is 1. The van der Waals surface area contributed by atoms with Crippen molar-refractivity contribution in [3.63, 3.8) is 0 Å². The fourth-order valence-electron chi connectivity index (χ4n) is 2.55. The van der Waals surface area contributed by atoms with Gasteiger partial charge in [-0.1, -0.05) is 13.0 Å². The number of hydrogen-bond donors (Lipinski definition) is 2. The molecule has 0 amide bonds. The van der Waals surface area contributed by atoms with E-state index in [0.717, 1.165) is 40.2 Å². The van der Waals surface area contributed by atoms with Gasteiger partial charge in [0.25, 0.3) is 0 Å². The Morgan fingerprint density at radius 3 is 2.68 bits per heavy atom. The highest BCUT2D eigenvalue weighted by Gasteiger charge is 2.06. The van der Waals surface area contributed by atoms with Crippen molar-refractivity contribution in [3.05, 3.63) is 47.4 Å². The molecule has 0 saturated heterocycles. The van der Waals surface area contributed by atoms with Crippen LogP contribution in [0.25, 0.3) is 10.9 Å². The smallest absolute Gasteiger partial charge is 0.151 e. The molecular formula is C17H19N5. The minimum absolute atomic E-state index is 0.549. The zero-order chi connectivity index (χ0) is 15.7. The van der Waals surface area contributed by atoms with Crippen LogP contribution in [0.15, 0.2) is 30.5 Å². The van der Waals surface area contributed by atoms with Gasteiger partial charge in [0.15, 0.2) is 5.82 Å². The molecule has 2 heterocycles. The minimum atomic E-state index is 0.549. The molecule has 0 atom stereocenters. The van der Waals surface area contributed by atoms with Gasteiger partial charge < -0.3 is 11.1 Å². The highest BCUT2D eigenvalue weighted by atomic mass is 15.0. The van der Waals surface area contributed by atoms with Crippen LogP contribution in [0.5, 0.6) is 0 Å². The third-order valence-electron chi connectivity index (χ3n) is 3.63. The topological polar surface area (TPSA) is 76.7 Å². The van der Waals surface area contributed by atoms with Gasteiger partial charge in [0.05, 0.1) is 23.1 Å². The Balaban J connectivity index is 2.01. The number of nitrogens with zero attached hydrogens (tertiary/aromatic N) is 3. The predicted octanol–water partition coefficient (Wildman–Crippen LogP) is 3.53. The van der Waals surface area contributed by atoms with E-state index in [1.807, 2.05) is 32.0 Å². The first-order chi connectivity index (χ1) is 10.6. The van der Waals surface area contributed by atoms with Crippen LogP contribution in [0, 0.1) is 13.8 Å². The number of benzene rings is 1. The zero-order valence-corrected chi connectivity index (χ0v) is 13.0. The Morgan fingerprint density at radius 1 is 1.14 bits per heavy atom. The lowest BCUT2D eigenvalue weighted by molar-refractivity contribution is 1.06. The minimum Gasteiger partial charge on any atom is -0.384 e. The van der Waals surface area contributed by atoms with Crippen molar-refractivity contribution >= 4 is 28.2 Å². The van der Waals surface area contributed by atoms with Gasteiger partial charge in [-0.05, 0) is 44.0 Å². The van der Waals surface area contributed by atoms with E-state index in [2.05, 4.69) is 33.3 Å². The largest absolute Gasteiger partial charge is 0.384 e. The van der Waals surface area contributed by atoms with E-state index in [9.17, 15) is 0 Å². The number of pyridine rings is 1. The molecule has 0 aliphatic carbocycles. The molecule has 1 aromatic carbocycles. The maximum atomic E-state index is 5.89. The Labute approximate surface area is 129 Å². The molecule has 0 spiro atoms. The first-order valence-corrected chi connectivity index (χ1v) is 7.33. The summed E-state index contributed by atoms with van der Waals surface area (Å²) in [5, 5.41) is 4.43. The lowest BCUT2D eigenvalue weighted by atomic mass is 10.1. The fraction of sp³-hybridized carbons (Fsp3) is 0.235. The van der Waals surface area contributed by atoms with E-state index < -0.39 is 0 Å². The van der Waals surface area contributed by atoms with Crippen LogP contribution in [0.2, 0.25) is 0 Å². The van der Waals surface area contributed by atoms with Crippen molar-refractivity contribution in [2.75, 3.05) is 11.1 Å². The highest BCUT2D eigenvalue weighted by molar-refractivity contribution is 5.87. The first-order valence-electron chi connectivity index (χ1n) is 7.33. The van der Waals surface area contributed by atoms with Crippen molar-refractivity contribution in [1.29, 1.82) is 0 Å². The molecule has 0 bridgehead atoms. The van der Waals surface area contributed by atoms with E-state index in [0.29, 0.717) is 5.82 Å². The molecule has 0 aliphatic heterocycles. The van der Waals surface area contributed by atoms with Crippen LogP contribution in [-0.4, -0.2) is 15.0 Å². The summed E-state index contributed by atoms with van der Waals surface area (Å²) in [6.07, 6.45) is 2.68. The van der Waals surface area contributed by atoms with Gasteiger partial charge in [-0.25, -0.2) is 9.97 Å². The summed E-state index contributed by atoms with van der Waals surface area (Å²) < 4.78 is 0. The lowest BCUT2D eigenvalue weighted by Gasteiger charge is -2.11. The van der Waals surface area contributed by atoms with Crippen LogP contribution in [-0.2, 0) is 6.42 Å². The van der Waals surface area contributed by atoms with Crippen LogP contribution in [0.4, 0.5) is 17.3 Å². The summed E-state index contributed by atoms with van der Waals surface area (Å²) in [5.74, 6) is 1.30. The second-order valence-corrected chi connectivity index (χ2v) is 5.36. The summed E-state index contributed by atoms with van der Waals surface area (Å²) in [4.78, 5) is 13.2. The summed E-state index contributed by atoms with van der Waals surface area (Å²) in [6, 6.07) is 8.02.